The highest BCUT2D eigenvalue weighted by molar-refractivity contribution is 7.13. The summed E-state index contributed by atoms with van der Waals surface area (Å²) in [5.41, 5.74) is 0.869. The van der Waals surface area contributed by atoms with Gasteiger partial charge in [-0.25, -0.2) is 9.37 Å². The number of thiazole rings is 1. The first-order chi connectivity index (χ1) is 13.6. The Bertz CT molecular complexity index is 1060. The van der Waals surface area contributed by atoms with Crippen molar-refractivity contribution in [3.05, 3.63) is 81.6 Å². The SMILES string of the molecule is N#C/C(=C/c1ccc(OCc2ccccc2F)c(Cl)c1)C(=O)Nc1nccs1. The van der Waals surface area contributed by atoms with E-state index in [1.807, 2.05) is 6.07 Å². The van der Waals surface area contributed by atoms with Crippen LogP contribution in [0.4, 0.5) is 9.52 Å². The van der Waals surface area contributed by atoms with Crippen LogP contribution in [-0.2, 0) is 11.4 Å². The van der Waals surface area contributed by atoms with Crippen molar-refractivity contribution in [3.8, 4) is 11.8 Å². The fourth-order valence-corrected chi connectivity index (χ4v) is 3.03. The van der Waals surface area contributed by atoms with Gasteiger partial charge in [0.2, 0.25) is 0 Å². The molecule has 0 bridgehead atoms. The number of nitrogens with one attached hydrogen (secondary N) is 1. The molecular weight excluding hydrogens is 401 g/mol. The van der Waals surface area contributed by atoms with Crippen molar-refractivity contribution in [2.75, 3.05) is 5.32 Å². The summed E-state index contributed by atoms with van der Waals surface area (Å²) in [5, 5.41) is 14.2. The molecular formula is C20H13ClFN3O2S. The molecule has 0 saturated carbocycles. The van der Waals surface area contributed by atoms with Crippen molar-refractivity contribution in [1.29, 1.82) is 5.26 Å². The fraction of sp³-hybridized carbons (Fsp3) is 0.0500. The molecule has 0 spiro atoms. The molecule has 1 amide bonds. The monoisotopic (exact) mass is 413 g/mol. The average molecular weight is 414 g/mol. The van der Waals surface area contributed by atoms with Crippen LogP contribution in [0.15, 0.2) is 59.6 Å². The van der Waals surface area contributed by atoms with Crippen molar-refractivity contribution < 1.29 is 13.9 Å². The van der Waals surface area contributed by atoms with E-state index in [1.165, 1.54) is 23.5 Å². The summed E-state index contributed by atoms with van der Waals surface area (Å²) < 4.78 is 19.2. The van der Waals surface area contributed by atoms with Gasteiger partial charge in [-0.15, -0.1) is 11.3 Å². The number of halogens is 2. The quantitative estimate of drug-likeness (QED) is 0.452. The number of anilines is 1. The summed E-state index contributed by atoms with van der Waals surface area (Å²) >= 11 is 7.47. The first kappa shape index (κ1) is 19.5. The molecule has 0 unspecified atom stereocenters. The zero-order chi connectivity index (χ0) is 19.9. The number of ether oxygens (including phenoxy) is 1. The maximum atomic E-state index is 13.7. The Morgan fingerprint density at radius 2 is 2.18 bits per heavy atom. The van der Waals surface area contributed by atoms with Crippen molar-refractivity contribution in [1.82, 2.24) is 4.98 Å². The van der Waals surface area contributed by atoms with E-state index in [-0.39, 0.29) is 23.0 Å². The zero-order valence-corrected chi connectivity index (χ0v) is 15.9. The number of hydrogen-bond acceptors (Lipinski definition) is 5. The van der Waals surface area contributed by atoms with Crippen LogP contribution < -0.4 is 10.1 Å². The van der Waals surface area contributed by atoms with Gasteiger partial charge >= 0.3 is 0 Å². The van der Waals surface area contributed by atoms with E-state index >= 15 is 0 Å². The van der Waals surface area contributed by atoms with Gasteiger partial charge in [-0.05, 0) is 29.8 Å². The predicted octanol–water partition coefficient (Wildman–Crippen LogP) is 5.06. The van der Waals surface area contributed by atoms with E-state index in [0.717, 1.165) is 0 Å². The molecule has 2 aromatic carbocycles. The number of carbonyl (C=O) groups excluding carboxylic acids is 1. The molecule has 3 aromatic rings. The van der Waals surface area contributed by atoms with E-state index in [2.05, 4.69) is 10.3 Å². The minimum absolute atomic E-state index is 0.0290. The summed E-state index contributed by atoms with van der Waals surface area (Å²) in [4.78, 5) is 16.1. The summed E-state index contributed by atoms with van der Waals surface area (Å²) in [6.07, 6.45) is 2.96. The molecule has 0 aliphatic heterocycles. The molecule has 8 heteroatoms. The molecule has 0 aliphatic rings. The summed E-state index contributed by atoms with van der Waals surface area (Å²) in [6.45, 7) is 0.0290. The lowest BCUT2D eigenvalue weighted by Gasteiger charge is -2.09. The van der Waals surface area contributed by atoms with Crippen LogP contribution in [-0.4, -0.2) is 10.9 Å². The maximum Gasteiger partial charge on any atom is 0.268 e. The van der Waals surface area contributed by atoms with Crippen LogP contribution in [0, 0.1) is 17.1 Å². The number of nitriles is 1. The van der Waals surface area contributed by atoms with E-state index in [0.29, 0.717) is 22.0 Å². The van der Waals surface area contributed by atoms with Crippen LogP contribution in [0.5, 0.6) is 5.75 Å². The van der Waals surface area contributed by atoms with Gasteiger partial charge < -0.3 is 4.74 Å². The van der Waals surface area contributed by atoms with Crippen LogP contribution in [0.2, 0.25) is 5.02 Å². The van der Waals surface area contributed by atoms with Gasteiger partial charge in [0.05, 0.1) is 5.02 Å². The van der Waals surface area contributed by atoms with Gasteiger partial charge in [-0.3, -0.25) is 10.1 Å². The number of amides is 1. The molecule has 0 aliphatic carbocycles. The third kappa shape index (κ3) is 4.94. The lowest BCUT2D eigenvalue weighted by molar-refractivity contribution is -0.112. The average Bonchev–Trinajstić information content (AvgIpc) is 3.19. The Labute approximate surface area is 169 Å². The number of aromatic nitrogens is 1. The fourth-order valence-electron chi connectivity index (χ4n) is 2.26. The van der Waals surface area contributed by atoms with Crippen LogP contribution in [0.1, 0.15) is 11.1 Å². The molecule has 1 aromatic heterocycles. The van der Waals surface area contributed by atoms with Crippen molar-refractivity contribution >= 4 is 40.1 Å². The van der Waals surface area contributed by atoms with Crippen molar-refractivity contribution in [2.24, 2.45) is 0 Å². The first-order valence-electron chi connectivity index (χ1n) is 8.05. The van der Waals surface area contributed by atoms with Crippen molar-refractivity contribution in [3.63, 3.8) is 0 Å². The predicted molar refractivity (Wildman–Crippen MR) is 107 cm³/mol. The Kier molecular flexibility index (Phi) is 6.37. The van der Waals surface area contributed by atoms with Crippen LogP contribution in [0.25, 0.3) is 6.08 Å². The number of nitrogens with zero attached hydrogens (tertiary/aromatic N) is 2. The molecule has 0 atom stereocenters. The van der Waals surface area contributed by atoms with Gasteiger partial charge in [0, 0.05) is 17.1 Å². The third-order valence-electron chi connectivity index (χ3n) is 3.63. The molecule has 140 valence electrons. The van der Waals surface area contributed by atoms with E-state index in [4.69, 9.17) is 16.3 Å². The Balaban J connectivity index is 1.72. The van der Waals surface area contributed by atoms with Gasteiger partial charge in [-0.2, -0.15) is 5.26 Å². The summed E-state index contributed by atoms with van der Waals surface area (Å²) in [6, 6.07) is 13.0. The number of carbonyl (C=O) groups is 1. The molecule has 1 heterocycles. The Morgan fingerprint density at radius 3 is 2.86 bits per heavy atom. The minimum atomic E-state index is -0.562. The molecule has 3 rings (SSSR count). The van der Waals surface area contributed by atoms with Crippen LogP contribution in [0.3, 0.4) is 0 Å². The van der Waals surface area contributed by atoms with Gasteiger partial charge in [0.15, 0.2) is 5.13 Å². The third-order valence-corrected chi connectivity index (χ3v) is 4.61. The van der Waals surface area contributed by atoms with Gasteiger partial charge in [-0.1, -0.05) is 35.9 Å². The molecule has 5 nitrogen and oxygen atoms in total. The lowest BCUT2D eigenvalue weighted by atomic mass is 10.1. The number of rotatable bonds is 6. The highest BCUT2D eigenvalue weighted by Gasteiger charge is 2.12. The highest BCUT2D eigenvalue weighted by atomic mass is 35.5. The van der Waals surface area contributed by atoms with E-state index in [1.54, 1.807) is 48.0 Å². The second-order valence-corrected chi connectivity index (χ2v) is 6.83. The molecule has 0 saturated heterocycles. The van der Waals surface area contributed by atoms with Crippen LogP contribution >= 0.6 is 22.9 Å². The summed E-state index contributed by atoms with van der Waals surface area (Å²) in [5.74, 6) is -0.552. The zero-order valence-electron chi connectivity index (χ0n) is 14.4. The largest absolute Gasteiger partial charge is 0.487 e. The lowest BCUT2D eigenvalue weighted by Crippen LogP contribution is -2.13. The topological polar surface area (TPSA) is 75.0 Å². The number of hydrogen-bond donors (Lipinski definition) is 1. The Hall–Kier alpha value is -3.21. The summed E-state index contributed by atoms with van der Waals surface area (Å²) in [7, 11) is 0. The maximum absolute atomic E-state index is 13.7. The molecule has 0 radical (unpaired) electrons. The molecule has 28 heavy (non-hydrogen) atoms. The van der Waals surface area contributed by atoms with Crippen molar-refractivity contribution in [2.45, 2.75) is 6.61 Å². The second-order valence-electron chi connectivity index (χ2n) is 5.53. The van der Waals surface area contributed by atoms with Gasteiger partial charge in [0.1, 0.15) is 29.8 Å². The molecule has 1 N–H and O–H groups in total. The standard InChI is InChI=1S/C20H13ClFN3O2S/c21-16-10-13(9-15(11-23)19(26)25-20-24-7-8-28-20)5-6-18(16)27-12-14-3-1-2-4-17(14)22/h1-10H,12H2,(H,24,25,26)/b15-9-. The molecule has 0 fully saturated rings. The highest BCUT2D eigenvalue weighted by Crippen LogP contribution is 2.27. The normalized spacial score (nSPS) is 11.0. The Morgan fingerprint density at radius 1 is 1.36 bits per heavy atom. The van der Waals surface area contributed by atoms with E-state index < -0.39 is 5.91 Å². The minimum Gasteiger partial charge on any atom is -0.487 e. The second kappa shape index (κ2) is 9.13. The first-order valence-corrected chi connectivity index (χ1v) is 9.31. The smallest absolute Gasteiger partial charge is 0.268 e. The van der Waals surface area contributed by atoms with E-state index in [9.17, 15) is 14.4 Å². The van der Waals surface area contributed by atoms with Gasteiger partial charge in [0.25, 0.3) is 5.91 Å². The number of benzene rings is 2.